The summed E-state index contributed by atoms with van der Waals surface area (Å²) in [6.07, 6.45) is 5.52. The Hall–Kier alpha value is -1.19. The van der Waals surface area contributed by atoms with Gasteiger partial charge in [0.1, 0.15) is 0 Å². The lowest BCUT2D eigenvalue weighted by atomic mass is 9.79. The molecule has 3 rings (SSSR count). The third-order valence-corrected chi connectivity index (χ3v) is 4.65. The zero-order valence-electron chi connectivity index (χ0n) is 11.6. The number of halogens is 1. The first kappa shape index (κ1) is 13.8. The van der Waals surface area contributed by atoms with E-state index >= 15 is 0 Å². The standard InChI is InChI=1S/C17H19BrN2/c1-19-16(13-6-2-8-14(18)11-13)15-9-3-5-12-7-4-10-20-17(12)15/h2,4,6-8,10-11,15-16,19H,3,5,9H2,1H3. The van der Waals surface area contributed by atoms with Crippen LogP contribution in [-0.4, -0.2) is 12.0 Å². The first-order valence-corrected chi connectivity index (χ1v) is 7.95. The maximum Gasteiger partial charge on any atom is 0.0485 e. The summed E-state index contributed by atoms with van der Waals surface area (Å²) in [7, 11) is 2.04. The number of aromatic nitrogens is 1. The van der Waals surface area contributed by atoms with Crippen LogP contribution in [0.3, 0.4) is 0 Å². The van der Waals surface area contributed by atoms with Crippen molar-refractivity contribution in [2.75, 3.05) is 7.05 Å². The van der Waals surface area contributed by atoms with Crippen LogP contribution in [0.4, 0.5) is 0 Å². The number of hydrogen-bond acceptors (Lipinski definition) is 2. The lowest BCUT2D eigenvalue weighted by Crippen LogP contribution is -2.27. The molecular weight excluding hydrogens is 312 g/mol. The Morgan fingerprint density at radius 3 is 3.00 bits per heavy atom. The molecule has 104 valence electrons. The van der Waals surface area contributed by atoms with Gasteiger partial charge in [0.25, 0.3) is 0 Å². The van der Waals surface area contributed by atoms with Gasteiger partial charge < -0.3 is 5.32 Å². The summed E-state index contributed by atoms with van der Waals surface area (Å²) in [5.74, 6) is 0.458. The van der Waals surface area contributed by atoms with Crippen LogP contribution in [0, 0.1) is 0 Å². The van der Waals surface area contributed by atoms with Crippen LogP contribution >= 0.6 is 15.9 Å². The fraction of sp³-hybridized carbons (Fsp3) is 0.353. The molecule has 1 heterocycles. The monoisotopic (exact) mass is 330 g/mol. The fourth-order valence-electron chi connectivity index (χ4n) is 3.27. The fourth-order valence-corrected chi connectivity index (χ4v) is 3.69. The number of nitrogens with one attached hydrogen (secondary N) is 1. The molecule has 0 amide bonds. The highest BCUT2D eigenvalue weighted by Crippen LogP contribution is 2.39. The number of aryl methyl sites for hydroxylation is 1. The largest absolute Gasteiger partial charge is 0.312 e. The van der Waals surface area contributed by atoms with Gasteiger partial charge in [-0.2, -0.15) is 0 Å². The van der Waals surface area contributed by atoms with E-state index in [4.69, 9.17) is 0 Å². The van der Waals surface area contributed by atoms with Gasteiger partial charge in [0.05, 0.1) is 0 Å². The highest BCUT2D eigenvalue weighted by Gasteiger charge is 2.29. The van der Waals surface area contributed by atoms with Crippen molar-refractivity contribution in [3.63, 3.8) is 0 Å². The van der Waals surface area contributed by atoms with Crippen LogP contribution in [0.5, 0.6) is 0 Å². The average molecular weight is 331 g/mol. The van der Waals surface area contributed by atoms with Gasteiger partial charge in [0.15, 0.2) is 0 Å². The summed E-state index contributed by atoms with van der Waals surface area (Å²) in [6, 6.07) is 13.2. The van der Waals surface area contributed by atoms with E-state index in [1.165, 1.54) is 29.7 Å². The first-order chi connectivity index (χ1) is 9.79. The lowest BCUT2D eigenvalue weighted by molar-refractivity contribution is 0.415. The number of hydrogen-bond donors (Lipinski definition) is 1. The van der Waals surface area contributed by atoms with E-state index in [9.17, 15) is 0 Å². The molecule has 2 nitrogen and oxygen atoms in total. The zero-order valence-corrected chi connectivity index (χ0v) is 13.2. The summed E-state index contributed by atoms with van der Waals surface area (Å²) in [5, 5.41) is 3.50. The summed E-state index contributed by atoms with van der Waals surface area (Å²) >= 11 is 3.57. The van der Waals surface area contributed by atoms with Gasteiger partial charge in [-0.1, -0.05) is 34.1 Å². The molecule has 3 heteroatoms. The van der Waals surface area contributed by atoms with Crippen molar-refractivity contribution < 1.29 is 0 Å². The number of pyridine rings is 1. The molecule has 2 atom stereocenters. The quantitative estimate of drug-likeness (QED) is 0.911. The zero-order chi connectivity index (χ0) is 13.9. The smallest absolute Gasteiger partial charge is 0.0485 e. The van der Waals surface area contributed by atoms with Crippen LogP contribution in [0.15, 0.2) is 47.1 Å². The summed E-state index contributed by atoms with van der Waals surface area (Å²) in [4.78, 5) is 4.67. The Labute approximate surface area is 128 Å². The minimum absolute atomic E-state index is 0.321. The van der Waals surface area contributed by atoms with E-state index in [0.29, 0.717) is 12.0 Å². The number of fused-ring (bicyclic) bond motifs is 1. The lowest BCUT2D eigenvalue weighted by Gasteiger charge is -2.31. The Morgan fingerprint density at radius 2 is 2.20 bits per heavy atom. The minimum atomic E-state index is 0.321. The first-order valence-electron chi connectivity index (χ1n) is 7.16. The molecule has 0 saturated heterocycles. The minimum Gasteiger partial charge on any atom is -0.312 e. The third kappa shape index (κ3) is 2.65. The van der Waals surface area contributed by atoms with E-state index in [1.54, 1.807) is 0 Å². The Balaban J connectivity index is 1.99. The SMILES string of the molecule is CNC(c1cccc(Br)c1)C1CCCc2cccnc21. The molecule has 0 aliphatic heterocycles. The number of likely N-dealkylation sites (N-methyl/N-ethyl adjacent to an activating group) is 1. The summed E-state index contributed by atoms with van der Waals surface area (Å²) in [5.41, 5.74) is 4.02. The van der Waals surface area contributed by atoms with E-state index in [2.05, 4.69) is 62.6 Å². The summed E-state index contributed by atoms with van der Waals surface area (Å²) < 4.78 is 1.13. The number of benzene rings is 1. The normalized spacial score (nSPS) is 19.4. The highest BCUT2D eigenvalue weighted by molar-refractivity contribution is 9.10. The number of rotatable bonds is 3. The van der Waals surface area contributed by atoms with Crippen molar-refractivity contribution >= 4 is 15.9 Å². The second-order valence-electron chi connectivity index (χ2n) is 5.37. The Kier molecular flexibility index (Phi) is 4.18. The molecule has 0 fully saturated rings. The van der Waals surface area contributed by atoms with Gasteiger partial charge >= 0.3 is 0 Å². The van der Waals surface area contributed by atoms with Crippen LogP contribution < -0.4 is 5.32 Å². The molecule has 0 radical (unpaired) electrons. The molecule has 1 aromatic heterocycles. The van der Waals surface area contributed by atoms with E-state index in [0.717, 1.165) is 10.9 Å². The maximum atomic E-state index is 4.67. The van der Waals surface area contributed by atoms with Crippen molar-refractivity contribution in [3.8, 4) is 0 Å². The molecule has 0 saturated carbocycles. The molecule has 0 spiro atoms. The average Bonchev–Trinajstić information content (AvgIpc) is 2.48. The molecular formula is C17H19BrN2. The van der Waals surface area contributed by atoms with Crippen molar-refractivity contribution in [1.82, 2.24) is 10.3 Å². The summed E-state index contributed by atoms with van der Waals surface area (Å²) in [6.45, 7) is 0. The predicted molar refractivity (Wildman–Crippen MR) is 85.9 cm³/mol. The van der Waals surface area contributed by atoms with Crippen LogP contribution in [0.1, 0.15) is 41.6 Å². The van der Waals surface area contributed by atoms with Crippen molar-refractivity contribution in [2.24, 2.45) is 0 Å². The molecule has 1 aromatic carbocycles. The maximum absolute atomic E-state index is 4.67. The van der Waals surface area contributed by atoms with Gasteiger partial charge in [0.2, 0.25) is 0 Å². The third-order valence-electron chi connectivity index (χ3n) is 4.16. The van der Waals surface area contributed by atoms with Crippen LogP contribution in [0.25, 0.3) is 0 Å². The Bertz CT molecular complexity index is 597. The van der Waals surface area contributed by atoms with Crippen molar-refractivity contribution in [2.45, 2.75) is 31.2 Å². The second kappa shape index (κ2) is 6.06. The van der Waals surface area contributed by atoms with Crippen LogP contribution in [0.2, 0.25) is 0 Å². The Morgan fingerprint density at radius 1 is 1.30 bits per heavy atom. The molecule has 1 aliphatic carbocycles. The van der Waals surface area contributed by atoms with Gasteiger partial charge in [0, 0.05) is 28.3 Å². The van der Waals surface area contributed by atoms with Gasteiger partial charge in [-0.05, 0) is 55.6 Å². The van der Waals surface area contributed by atoms with Gasteiger partial charge in [-0.15, -0.1) is 0 Å². The van der Waals surface area contributed by atoms with Crippen molar-refractivity contribution in [3.05, 3.63) is 63.9 Å². The predicted octanol–water partition coefficient (Wildman–Crippen LogP) is 4.22. The van der Waals surface area contributed by atoms with E-state index in [1.807, 2.05) is 13.2 Å². The van der Waals surface area contributed by atoms with E-state index < -0.39 is 0 Å². The molecule has 20 heavy (non-hydrogen) atoms. The highest BCUT2D eigenvalue weighted by atomic mass is 79.9. The second-order valence-corrected chi connectivity index (χ2v) is 6.28. The van der Waals surface area contributed by atoms with Crippen molar-refractivity contribution in [1.29, 1.82) is 0 Å². The molecule has 2 aromatic rings. The topological polar surface area (TPSA) is 24.9 Å². The number of nitrogens with zero attached hydrogens (tertiary/aromatic N) is 1. The molecule has 0 bridgehead atoms. The van der Waals surface area contributed by atoms with Gasteiger partial charge in [-0.3, -0.25) is 4.98 Å². The molecule has 1 aliphatic rings. The van der Waals surface area contributed by atoms with Gasteiger partial charge in [-0.25, -0.2) is 0 Å². The molecule has 1 N–H and O–H groups in total. The van der Waals surface area contributed by atoms with Crippen LogP contribution in [-0.2, 0) is 6.42 Å². The van der Waals surface area contributed by atoms with E-state index in [-0.39, 0.29) is 0 Å². The molecule has 2 unspecified atom stereocenters.